The molecule has 1 aliphatic rings. The zero-order chi connectivity index (χ0) is 38.0. The van der Waals surface area contributed by atoms with Gasteiger partial charge in [-0.15, -0.1) is 0 Å². The minimum Gasteiger partial charge on any atom is -0.456 e. The SMILES string of the molecule is C1=C(c2ccccc2)N=C(c2ccc(-c3ccccc3)cc2)/C=C(/c2cccc(-c3nc(-c4ccccc4)nc(-c4ccc5c(c4)oc4ccccc45)n3)c2)CC1. The van der Waals surface area contributed by atoms with Gasteiger partial charge in [-0.1, -0.05) is 164 Å². The van der Waals surface area contributed by atoms with Crippen LogP contribution in [0.25, 0.3) is 78.5 Å². The Bertz CT molecular complexity index is 2980. The van der Waals surface area contributed by atoms with E-state index in [0.717, 1.165) is 79.6 Å². The lowest BCUT2D eigenvalue weighted by atomic mass is 9.94. The van der Waals surface area contributed by atoms with Crippen molar-refractivity contribution >= 4 is 38.9 Å². The van der Waals surface area contributed by atoms with Gasteiger partial charge in [0, 0.05) is 33.0 Å². The van der Waals surface area contributed by atoms with Crippen LogP contribution in [0.1, 0.15) is 29.5 Å². The molecule has 0 fully saturated rings. The highest BCUT2D eigenvalue weighted by Gasteiger charge is 2.17. The van der Waals surface area contributed by atoms with Crippen LogP contribution in [0, 0.1) is 0 Å². The summed E-state index contributed by atoms with van der Waals surface area (Å²) in [6.07, 6.45) is 6.20. The van der Waals surface area contributed by atoms with Crippen LogP contribution in [0.2, 0.25) is 0 Å². The predicted molar refractivity (Wildman–Crippen MR) is 233 cm³/mol. The monoisotopic (exact) mass is 732 g/mol. The van der Waals surface area contributed by atoms with E-state index in [1.807, 2.05) is 66.7 Å². The molecule has 0 saturated carbocycles. The Morgan fingerprint density at radius 2 is 0.912 bits per heavy atom. The van der Waals surface area contributed by atoms with E-state index >= 15 is 0 Å². The van der Waals surface area contributed by atoms with Gasteiger partial charge in [-0.05, 0) is 71.0 Å². The van der Waals surface area contributed by atoms with E-state index in [-0.39, 0.29) is 0 Å². The second-order valence-electron chi connectivity index (χ2n) is 14.2. The van der Waals surface area contributed by atoms with E-state index in [1.54, 1.807) is 0 Å². The Balaban J connectivity index is 1.06. The molecule has 5 nitrogen and oxygen atoms in total. The first kappa shape index (κ1) is 34.0. The summed E-state index contributed by atoms with van der Waals surface area (Å²) in [6, 6.07) is 62.5. The quantitative estimate of drug-likeness (QED) is 0.164. The zero-order valence-corrected chi connectivity index (χ0v) is 31.1. The Hall–Kier alpha value is -7.50. The molecular weight excluding hydrogens is 697 g/mol. The fourth-order valence-electron chi connectivity index (χ4n) is 7.51. The van der Waals surface area contributed by atoms with E-state index < -0.39 is 0 Å². The summed E-state index contributed by atoms with van der Waals surface area (Å²) in [7, 11) is 0. The first-order chi connectivity index (χ1) is 28.2. The molecule has 0 N–H and O–H groups in total. The number of para-hydroxylation sites is 1. The third-order valence-corrected chi connectivity index (χ3v) is 10.5. The summed E-state index contributed by atoms with van der Waals surface area (Å²) in [5.74, 6) is 1.81. The van der Waals surface area contributed by atoms with Crippen LogP contribution in [-0.2, 0) is 0 Å². The van der Waals surface area contributed by atoms with E-state index in [2.05, 4.69) is 127 Å². The van der Waals surface area contributed by atoms with Crippen molar-refractivity contribution in [3.8, 4) is 45.3 Å². The van der Waals surface area contributed by atoms with Crippen molar-refractivity contribution in [1.29, 1.82) is 0 Å². The van der Waals surface area contributed by atoms with Gasteiger partial charge in [0.2, 0.25) is 0 Å². The molecule has 10 rings (SSSR count). The summed E-state index contributed by atoms with van der Waals surface area (Å²) in [5.41, 5.74) is 13.1. The predicted octanol–water partition coefficient (Wildman–Crippen LogP) is 13.1. The molecular formula is C52H36N4O. The van der Waals surface area contributed by atoms with Crippen molar-refractivity contribution < 1.29 is 4.42 Å². The van der Waals surface area contributed by atoms with E-state index in [0.29, 0.717) is 17.5 Å². The molecule has 0 aliphatic carbocycles. The second-order valence-corrected chi connectivity index (χ2v) is 14.2. The summed E-state index contributed by atoms with van der Waals surface area (Å²) in [4.78, 5) is 20.5. The lowest BCUT2D eigenvalue weighted by Gasteiger charge is -2.15. The van der Waals surface area contributed by atoms with Crippen LogP contribution in [0.4, 0.5) is 0 Å². The van der Waals surface area contributed by atoms with Crippen molar-refractivity contribution in [3.05, 3.63) is 211 Å². The van der Waals surface area contributed by atoms with Crippen LogP contribution in [-0.4, -0.2) is 20.7 Å². The van der Waals surface area contributed by atoms with Gasteiger partial charge in [-0.2, -0.15) is 0 Å². The molecule has 0 bridgehead atoms. The molecule has 9 aromatic rings. The van der Waals surface area contributed by atoms with E-state index in [9.17, 15) is 0 Å². The minimum atomic E-state index is 0.587. The van der Waals surface area contributed by atoms with Gasteiger partial charge in [-0.25, -0.2) is 19.9 Å². The molecule has 5 heteroatoms. The van der Waals surface area contributed by atoms with Crippen LogP contribution >= 0.6 is 0 Å². The van der Waals surface area contributed by atoms with Gasteiger partial charge in [-0.3, -0.25) is 0 Å². The average Bonchev–Trinajstić information content (AvgIpc) is 3.65. The molecule has 0 atom stereocenters. The number of aliphatic imine (C=N–C) groups is 1. The zero-order valence-electron chi connectivity index (χ0n) is 31.1. The van der Waals surface area contributed by atoms with Crippen molar-refractivity contribution in [2.45, 2.75) is 12.8 Å². The molecule has 0 radical (unpaired) electrons. The maximum atomic E-state index is 6.25. The first-order valence-electron chi connectivity index (χ1n) is 19.3. The summed E-state index contributed by atoms with van der Waals surface area (Å²) < 4.78 is 6.25. The van der Waals surface area contributed by atoms with Crippen LogP contribution in [0.15, 0.2) is 204 Å². The number of rotatable bonds is 7. The molecule has 0 saturated heterocycles. The molecule has 57 heavy (non-hydrogen) atoms. The Morgan fingerprint density at radius 3 is 1.65 bits per heavy atom. The first-order valence-corrected chi connectivity index (χ1v) is 19.3. The number of aromatic nitrogens is 3. The fraction of sp³-hybridized carbons (Fsp3) is 0.0385. The molecule has 0 amide bonds. The number of allylic oxidation sites excluding steroid dienone is 3. The van der Waals surface area contributed by atoms with Crippen molar-refractivity contribution in [3.63, 3.8) is 0 Å². The normalized spacial score (nSPS) is 14.0. The lowest BCUT2D eigenvalue weighted by Crippen LogP contribution is -2.03. The van der Waals surface area contributed by atoms with E-state index in [1.165, 1.54) is 16.7 Å². The molecule has 3 heterocycles. The van der Waals surface area contributed by atoms with Gasteiger partial charge >= 0.3 is 0 Å². The molecule has 1 aliphatic heterocycles. The topological polar surface area (TPSA) is 64.2 Å². The van der Waals surface area contributed by atoms with Crippen LogP contribution in [0.3, 0.4) is 0 Å². The third kappa shape index (κ3) is 6.99. The number of hydrogen-bond donors (Lipinski definition) is 0. The van der Waals surface area contributed by atoms with Gasteiger partial charge in [0.1, 0.15) is 11.2 Å². The summed E-state index contributed by atoms with van der Waals surface area (Å²) in [5, 5.41) is 2.15. The number of furan rings is 1. The third-order valence-electron chi connectivity index (χ3n) is 10.5. The highest BCUT2D eigenvalue weighted by Crippen LogP contribution is 2.34. The van der Waals surface area contributed by atoms with Gasteiger partial charge < -0.3 is 4.42 Å². The average molecular weight is 733 g/mol. The maximum absolute atomic E-state index is 6.25. The molecule has 0 spiro atoms. The van der Waals surface area contributed by atoms with Gasteiger partial charge in [0.05, 0.1) is 11.4 Å². The van der Waals surface area contributed by atoms with Crippen molar-refractivity contribution in [2.24, 2.45) is 4.99 Å². The number of hydrogen-bond acceptors (Lipinski definition) is 5. The van der Waals surface area contributed by atoms with Crippen LogP contribution in [0.5, 0.6) is 0 Å². The second kappa shape index (κ2) is 15.0. The molecule has 0 unspecified atom stereocenters. The van der Waals surface area contributed by atoms with Gasteiger partial charge in [0.15, 0.2) is 17.5 Å². The van der Waals surface area contributed by atoms with E-state index in [4.69, 9.17) is 24.4 Å². The molecule has 270 valence electrons. The Kier molecular flexibility index (Phi) is 8.94. The Labute approximate surface area is 331 Å². The highest BCUT2D eigenvalue weighted by molar-refractivity contribution is 6.14. The molecule has 7 aromatic carbocycles. The summed E-state index contributed by atoms with van der Waals surface area (Å²) >= 11 is 0. The number of benzene rings is 7. The molecule has 2 aromatic heterocycles. The van der Waals surface area contributed by atoms with Crippen molar-refractivity contribution in [2.75, 3.05) is 0 Å². The smallest absolute Gasteiger partial charge is 0.164 e. The standard InChI is InChI=1S/C52H36N4O/c1-4-14-35(15-5-1)36-26-28-38(29-27-36)47-33-41(21-13-24-46(53-47)37-16-6-2-7-17-37)40-20-12-22-42(32-40)51-54-50(39-18-8-3-9-19-39)55-52(56-51)43-30-31-45-44-23-10-11-25-48(44)57-49(45)34-43/h1-12,14-20,22-34H,13,21H2/b41-33+,46-24?,53-47?. The largest absolute Gasteiger partial charge is 0.456 e. The van der Waals surface area contributed by atoms with Crippen molar-refractivity contribution in [1.82, 2.24) is 15.0 Å². The van der Waals surface area contributed by atoms with Crippen LogP contribution < -0.4 is 0 Å². The highest BCUT2D eigenvalue weighted by atomic mass is 16.3. The maximum Gasteiger partial charge on any atom is 0.164 e. The lowest BCUT2D eigenvalue weighted by molar-refractivity contribution is 0.669. The number of fused-ring (bicyclic) bond motifs is 3. The fourth-order valence-corrected chi connectivity index (χ4v) is 7.51. The minimum absolute atomic E-state index is 0.587. The number of nitrogens with zero attached hydrogens (tertiary/aromatic N) is 4. The Morgan fingerprint density at radius 1 is 0.386 bits per heavy atom. The summed E-state index contributed by atoms with van der Waals surface area (Å²) in [6.45, 7) is 0. The van der Waals surface area contributed by atoms with Gasteiger partial charge in [0.25, 0.3) is 0 Å².